The number of alkyl carbamates (subject to hydrolysis) is 1. The van der Waals surface area contributed by atoms with Crippen molar-refractivity contribution in [3.8, 4) is 0 Å². The second kappa shape index (κ2) is 22.4. The summed E-state index contributed by atoms with van der Waals surface area (Å²) in [7, 11) is 0. The Kier molecular flexibility index (Phi) is 17.8. The Balaban J connectivity index is 1.80. The highest BCUT2D eigenvalue weighted by Gasteiger charge is 2.31. The van der Waals surface area contributed by atoms with E-state index in [-0.39, 0.29) is 57.6 Å². The molecule has 9 N–H and O–H groups in total. The summed E-state index contributed by atoms with van der Waals surface area (Å²) in [5.41, 5.74) is 12.2. The molecule has 0 spiro atoms. The van der Waals surface area contributed by atoms with Gasteiger partial charge in [-0.05, 0) is 42.7 Å². The number of rotatable bonds is 21. The quantitative estimate of drug-likeness (QED) is 0.0883. The maximum absolute atomic E-state index is 14.0. The second-order valence-electron chi connectivity index (χ2n) is 13.9. The average Bonchev–Trinajstić information content (AvgIpc) is 3.59. The highest BCUT2D eigenvalue weighted by atomic mass is 16.5. The Labute approximate surface area is 320 Å². The van der Waals surface area contributed by atoms with E-state index in [1.54, 1.807) is 54.6 Å². The molecule has 0 aromatic heterocycles. The number of aliphatic hydroxyl groups excluding tert-OH is 1. The van der Waals surface area contributed by atoms with Crippen molar-refractivity contribution in [3.05, 3.63) is 83.9 Å². The molecule has 16 nitrogen and oxygen atoms in total. The standard InChI is InChI=1S/C39H53N7O9/c1-25(2)21-31(45-39(54)55-24-27-11-7-4-8-12-27)37(52)44-32(22-26-9-5-3-6-10-26)38(53)43-30(15-17-34(41)49)36(51)42-28(13-16-33(40)48)14-18-35(50)46-20-19-29(47)23-46/h3-12,14,18,25,28-32,47H,13,15-17,19-24H2,1-2H3,(H2,40,48)(H2,41,49)(H,42,51)(H,43,53)(H,44,52)(H,45,54)/b18-14+/t28-,29+,30-,31-,32-/m0/s1. The maximum Gasteiger partial charge on any atom is 0.408 e. The van der Waals surface area contributed by atoms with Gasteiger partial charge in [-0.1, -0.05) is 80.6 Å². The number of likely N-dealkylation sites (tertiary alicyclic amines) is 1. The van der Waals surface area contributed by atoms with E-state index in [0.29, 0.717) is 18.5 Å². The van der Waals surface area contributed by atoms with Crippen LogP contribution in [-0.4, -0.2) is 94.9 Å². The minimum atomic E-state index is -1.33. The fourth-order valence-electron chi connectivity index (χ4n) is 5.81. The fraction of sp³-hybridized carbons (Fsp3) is 0.462. The van der Waals surface area contributed by atoms with Crippen molar-refractivity contribution in [2.45, 2.75) is 95.7 Å². The molecule has 0 aliphatic carbocycles. The van der Waals surface area contributed by atoms with Crippen LogP contribution >= 0.6 is 0 Å². The van der Waals surface area contributed by atoms with E-state index in [9.17, 15) is 38.7 Å². The lowest BCUT2D eigenvalue weighted by Crippen LogP contribution is -2.58. The molecule has 1 saturated heterocycles. The minimum Gasteiger partial charge on any atom is -0.445 e. The molecule has 2 aromatic carbocycles. The summed E-state index contributed by atoms with van der Waals surface area (Å²) in [6.45, 7) is 4.24. The number of β-amino-alcohol motifs (C(OH)–C–C–N with tert-alkyl or cyclic N) is 1. The zero-order chi connectivity index (χ0) is 40.3. The third-order valence-corrected chi connectivity index (χ3v) is 8.73. The highest BCUT2D eigenvalue weighted by molar-refractivity contribution is 5.94. The van der Waals surface area contributed by atoms with E-state index in [1.165, 1.54) is 17.1 Å². The van der Waals surface area contributed by atoms with Crippen molar-refractivity contribution < 1.29 is 43.4 Å². The summed E-state index contributed by atoms with van der Waals surface area (Å²) in [6.07, 6.45) is 1.22. The number of carbonyl (C=O) groups excluding carboxylic acids is 7. The van der Waals surface area contributed by atoms with Crippen LogP contribution in [0.2, 0.25) is 0 Å². The molecule has 1 heterocycles. The molecule has 5 atom stereocenters. The molecule has 55 heavy (non-hydrogen) atoms. The van der Waals surface area contributed by atoms with Crippen LogP contribution in [0.5, 0.6) is 0 Å². The van der Waals surface area contributed by atoms with Crippen LogP contribution in [0, 0.1) is 5.92 Å². The molecule has 16 heteroatoms. The van der Waals surface area contributed by atoms with Crippen LogP contribution in [0.1, 0.15) is 63.5 Å². The smallest absolute Gasteiger partial charge is 0.408 e. The monoisotopic (exact) mass is 763 g/mol. The molecule has 0 bridgehead atoms. The van der Waals surface area contributed by atoms with Gasteiger partial charge in [-0.15, -0.1) is 0 Å². The van der Waals surface area contributed by atoms with Gasteiger partial charge in [0.2, 0.25) is 35.4 Å². The lowest BCUT2D eigenvalue weighted by molar-refractivity contribution is -0.133. The number of hydrogen-bond acceptors (Lipinski definition) is 9. The largest absolute Gasteiger partial charge is 0.445 e. The van der Waals surface area contributed by atoms with Crippen LogP contribution in [0.4, 0.5) is 4.79 Å². The molecule has 1 aliphatic rings. The van der Waals surface area contributed by atoms with Gasteiger partial charge in [0, 0.05) is 44.5 Å². The fourth-order valence-corrected chi connectivity index (χ4v) is 5.81. The molecule has 0 saturated carbocycles. The Morgan fingerprint density at radius 1 is 0.782 bits per heavy atom. The first-order chi connectivity index (χ1) is 26.2. The Bertz CT molecular complexity index is 1640. The first-order valence-corrected chi connectivity index (χ1v) is 18.3. The van der Waals surface area contributed by atoms with Crippen molar-refractivity contribution >= 4 is 41.5 Å². The molecule has 0 radical (unpaired) electrons. The van der Waals surface area contributed by atoms with E-state index in [1.807, 2.05) is 19.9 Å². The molecule has 3 rings (SSSR count). The Morgan fingerprint density at radius 2 is 1.35 bits per heavy atom. The van der Waals surface area contributed by atoms with Gasteiger partial charge in [0.1, 0.15) is 24.7 Å². The van der Waals surface area contributed by atoms with E-state index in [4.69, 9.17) is 16.2 Å². The molecule has 0 unspecified atom stereocenters. The lowest BCUT2D eigenvalue weighted by Gasteiger charge is -2.26. The second-order valence-corrected chi connectivity index (χ2v) is 13.9. The normalized spacial score (nSPS) is 16.1. The number of ether oxygens (including phenoxy) is 1. The van der Waals surface area contributed by atoms with Gasteiger partial charge in [-0.3, -0.25) is 28.8 Å². The van der Waals surface area contributed by atoms with Crippen molar-refractivity contribution in [3.63, 3.8) is 0 Å². The summed E-state index contributed by atoms with van der Waals surface area (Å²) in [5.74, 6) is -3.98. The number of nitrogens with one attached hydrogen (secondary N) is 4. The molecule has 1 aliphatic heterocycles. The number of aliphatic hydroxyl groups is 1. The van der Waals surface area contributed by atoms with Crippen LogP contribution in [0.25, 0.3) is 0 Å². The number of nitrogens with zero attached hydrogens (tertiary/aromatic N) is 1. The van der Waals surface area contributed by atoms with Crippen LogP contribution < -0.4 is 32.7 Å². The Hall–Kier alpha value is -5.77. The summed E-state index contributed by atoms with van der Waals surface area (Å²) >= 11 is 0. The molecular weight excluding hydrogens is 710 g/mol. The summed E-state index contributed by atoms with van der Waals surface area (Å²) in [4.78, 5) is 91.7. The molecular formula is C39H53N7O9. The van der Waals surface area contributed by atoms with Crippen LogP contribution in [-0.2, 0) is 46.5 Å². The predicted molar refractivity (Wildman–Crippen MR) is 202 cm³/mol. The van der Waals surface area contributed by atoms with E-state index in [0.717, 1.165) is 5.56 Å². The van der Waals surface area contributed by atoms with Crippen molar-refractivity contribution in [2.75, 3.05) is 13.1 Å². The van der Waals surface area contributed by atoms with Crippen LogP contribution in [0.15, 0.2) is 72.8 Å². The van der Waals surface area contributed by atoms with Crippen molar-refractivity contribution in [1.82, 2.24) is 26.2 Å². The number of amides is 7. The van der Waals surface area contributed by atoms with Gasteiger partial charge in [0.05, 0.1) is 6.10 Å². The van der Waals surface area contributed by atoms with E-state index < -0.39 is 71.8 Å². The van der Waals surface area contributed by atoms with Gasteiger partial charge in [0.25, 0.3) is 0 Å². The number of carbonyl (C=O) groups is 7. The molecule has 298 valence electrons. The minimum absolute atomic E-state index is 0.00665. The lowest BCUT2D eigenvalue weighted by atomic mass is 10.0. The molecule has 7 amide bonds. The number of hydrogen-bond donors (Lipinski definition) is 7. The number of primary amides is 2. The SMILES string of the molecule is CC(C)C[C@H](NC(=O)OCc1ccccc1)C(=O)N[C@@H](Cc1ccccc1)C(=O)N[C@@H](CCC(N)=O)C(=O)N[C@H](/C=C/C(=O)N1CC[C@@H](O)C1)CCC(N)=O. The molecule has 1 fully saturated rings. The van der Waals surface area contributed by atoms with Gasteiger partial charge in [-0.25, -0.2) is 4.79 Å². The third kappa shape index (κ3) is 16.4. The number of benzene rings is 2. The zero-order valence-electron chi connectivity index (χ0n) is 31.3. The first-order valence-electron chi connectivity index (χ1n) is 18.3. The van der Waals surface area contributed by atoms with Crippen molar-refractivity contribution in [1.29, 1.82) is 0 Å². The van der Waals surface area contributed by atoms with E-state index >= 15 is 0 Å². The summed E-state index contributed by atoms with van der Waals surface area (Å²) in [5, 5.41) is 20.5. The third-order valence-electron chi connectivity index (χ3n) is 8.73. The van der Waals surface area contributed by atoms with Gasteiger partial charge < -0.3 is 47.5 Å². The highest BCUT2D eigenvalue weighted by Crippen LogP contribution is 2.12. The van der Waals surface area contributed by atoms with E-state index in [2.05, 4.69) is 21.3 Å². The van der Waals surface area contributed by atoms with Crippen molar-refractivity contribution in [2.24, 2.45) is 17.4 Å². The summed E-state index contributed by atoms with van der Waals surface area (Å²) in [6, 6.07) is 13.3. The Morgan fingerprint density at radius 3 is 1.93 bits per heavy atom. The first kappa shape index (κ1) is 43.6. The molecule has 2 aromatic rings. The number of nitrogens with two attached hydrogens (primary N) is 2. The van der Waals surface area contributed by atoms with Gasteiger partial charge in [-0.2, -0.15) is 0 Å². The van der Waals surface area contributed by atoms with Gasteiger partial charge >= 0.3 is 6.09 Å². The topological polar surface area (TPSA) is 252 Å². The average molecular weight is 764 g/mol. The van der Waals surface area contributed by atoms with Gasteiger partial charge in [0.15, 0.2) is 0 Å². The maximum atomic E-state index is 14.0. The van der Waals surface area contributed by atoms with Crippen LogP contribution in [0.3, 0.4) is 0 Å². The zero-order valence-corrected chi connectivity index (χ0v) is 31.3. The summed E-state index contributed by atoms with van der Waals surface area (Å²) < 4.78 is 5.33. The predicted octanol–water partition coefficient (Wildman–Crippen LogP) is 0.705.